The summed E-state index contributed by atoms with van der Waals surface area (Å²) in [6, 6.07) is 10.9. The van der Waals surface area contributed by atoms with Crippen LogP contribution >= 0.6 is 11.3 Å². The average molecular weight is 445 g/mol. The molecule has 0 radical (unpaired) electrons. The van der Waals surface area contributed by atoms with Crippen molar-refractivity contribution in [3.8, 4) is 17.0 Å². The summed E-state index contributed by atoms with van der Waals surface area (Å²) in [6.07, 6.45) is 9.00. The second-order valence-electron chi connectivity index (χ2n) is 9.93. The van der Waals surface area contributed by atoms with Crippen LogP contribution in [0.25, 0.3) is 31.7 Å². The van der Waals surface area contributed by atoms with Gasteiger partial charge in [-0.25, -0.2) is 15.0 Å². The standard InChI is InChI=1S/C26H28N4OS/c1-26(2)13-18-19-21-23(24(28-15-27-21)29-17-11-7-4-8-12-17)32-25(19)30-20(22(18)31-14-26)16-9-5-3-6-10-16/h3,5-6,9-10,15,17H,4,7-8,11-14H2,1-2H3,(H,27,28,29). The number of hydrogen-bond acceptors (Lipinski definition) is 6. The van der Waals surface area contributed by atoms with Crippen LogP contribution in [0.5, 0.6) is 5.75 Å². The van der Waals surface area contributed by atoms with E-state index in [0.29, 0.717) is 12.6 Å². The molecule has 4 heterocycles. The van der Waals surface area contributed by atoms with Crippen molar-refractivity contribution in [1.29, 1.82) is 0 Å². The Morgan fingerprint density at radius 2 is 1.88 bits per heavy atom. The van der Waals surface area contributed by atoms with Crippen LogP contribution in [-0.2, 0) is 6.42 Å². The van der Waals surface area contributed by atoms with Crippen LogP contribution in [-0.4, -0.2) is 27.6 Å². The molecule has 1 aliphatic carbocycles. The molecule has 1 saturated carbocycles. The van der Waals surface area contributed by atoms with E-state index in [4.69, 9.17) is 14.7 Å². The van der Waals surface area contributed by atoms with E-state index in [2.05, 4.69) is 48.4 Å². The zero-order valence-electron chi connectivity index (χ0n) is 18.6. The highest BCUT2D eigenvalue weighted by Crippen LogP contribution is 2.47. The molecule has 0 amide bonds. The summed E-state index contributed by atoms with van der Waals surface area (Å²) in [4.78, 5) is 15.5. The van der Waals surface area contributed by atoms with Gasteiger partial charge in [-0.3, -0.25) is 0 Å². The normalized spacial score (nSPS) is 18.4. The van der Waals surface area contributed by atoms with Crippen molar-refractivity contribution in [3.63, 3.8) is 0 Å². The van der Waals surface area contributed by atoms with Crippen molar-refractivity contribution in [2.45, 2.75) is 58.4 Å². The highest BCUT2D eigenvalue weighted by molar-refractivity contribution is 7.26. The highest BCUT2D eigenvalue weighted by Gasteiger charge is 2.33. The smallest absolute Gasteiger partial charge is 0.149 e. The Bertz CT molecular complexity index is 1290. The van der Waals surface area contributed by atoms with E-state index < -0.39 is 0 Å². The zero-order chi connectivity index (χ0) is 21.7. The SMILES string of the molecule is CC1(C)COc2c(-c3ccccc3)nc3sc4c(NC5CCCCC5)ncnc4c3c2C1. The topological polar surface area (TPSA) is 59.9 Å². The molecule has 32 heavy (non-hydrogen) atoms. The third kappa shape index (κ3) is 3.41. The van der Waals surface area contributed by atoms with Gasteiger partial charge in [-0.1, -0.05) is 63.4 Å². The predicted molar refractivity (Wildman–Crippen MR) is 132 cm³/mol. The maximum absolute atomic E-state index is 6.39. The molecule has 0 bridgehead atoms. The Morgan fingerprint density at radius 3 is 2.69 bits per heavy atom. The van der Waals surface area contributed by atoms with Gasteiger partial charge >= 0.3 is 0 Å². The molecule has 5 nitrogen and oxygen atoms in total. The summed E-state index contributed by atoms with van der Waals surface area (Å²) in [7, 11) is 0. The van der Waals surface area contributed by atoms with Gasteiger partial charge in [0.15, 0.2) is 0 Å². The molecule has 0 saturated heterocycles. The molecule has 0 spiro atoms. The number of benzene rings is 1. The molecule has 6 heteroatoms. The first-order valence-corrected chi connectivity index (χ1v) is 12.5. The largest absolute Gasteiger partial charge is 0.490 e. The van der Waals surface area contributed by atoms with E-state index in [1.807, 2.05) is 6.07 Å². The molecule has 4 aromatic rings. The molecule has 1 aliphatic heterocycles. The summed E-state index contributed by atoms with van der Waals surface area (Å²) in [5.41, 5.74) is 4.33. The van der Waals surface area contributed by atoms with E-state index in [0.717, 1.165) is 49.7 Å². The molecule has 164 valence electrons. The van der Waals surface area contributed by atoms with Gasteiger partial charge in [-0.2, -0.15) is 0 Å². The van der Waals surface area contributed by atoms with Gasteiger partial charge in [0.2, 0.25) is 0 Å². The number of fused-ring (bicyclic) bond motifs is 5. The number of nitrogens with one attached hydrogen (secondary N) is 1. The first-order chi connectivity index (χ1) is 15.6. The minimum atomic E-state index is 0.0692. The fourth-order valence-corrected chi connectivity index (χ4v) is 6.22. The molecule has 2 aliphatic rings. The Labute approximate surface area is 192 Å². The van der Waals surface area contributed by atoms with Crippen molar-refractivity contribution in [2.75, 3.05) is 11.9 Å². The minimum absolute atomic E-state index is 0.0692. The number of anilines is 1. The van der Waals surface area contributed by atoms with Gasteiger partial charge in [0, 0.05) is 28.0 Å². The Balaban J connectivity index is 1.57. The van der Waals surface area contributed by atoms with Crippen molar-refractivity contribution in [3.05, 3.63) is 42.2 Å². The van der Waals surface area contributed by atoms with Crippen LogP contribution in [0.3, 0.4) is 0 Å². The highest BCUT2D eigenvalue weighted by atomic mass is 32.1. The predicted octanol–water partition coefficient (Wildman–Crippen LogP) is 6.61. The fourth-order valence-electron chi connectivity index (χ4n) is 5.11. The maximum atomic E-state index is 6.39. The van der Waals surface area contributed by atoms with Crippen LogP contribution in [0, 0.1) is 5.41 Å². The summed E-state index contributed by atoms with van der Waals surface area (Å²) in [5.74, 6) is 1.87. The molecular formula is C26H28N4OS. The molecule has 1 N–H and O–H groups in total. The molecular weight excluding hydrogens is 416 g/mol. The number of aromatic nitrogens is 3. The van der Waals surface area contributed by atoms with Gasteiger partial charge in [0.05, 0.1) is 16.8 Å². The van der Waals surface area contributed by atoms with Gasteiger partial charge in [-0.05, 0) is 19.3 Å². The third-order valence-electron chi connectivity index (χ3n) is 6.71. The lowest BCUT2D eigenvalue weighted by Crippen LogP contribution is -2.29. The fraction of sp³-hybridized carbons (Fsp3) is 0.423. The number of rotatable bonds is 3. The lowest BCUT2D eigenvalue weighted by atomic mass is 9.83. The lowest BCUT2D eigenvalue weighted by Gasteiger charge is -2.32. The van der Waals surface area contributed by atoms with E-state index in [-0.39, 0.29) is 5.41 Å². The van der Waals surface area contributed by atoms with E-state index >= 15 is 0 Å². The second kappa shape index (κ2) is 7.69. The summed E-state index contributed by atoms with van der Waals surface area (Å²) in [6.45, 7) is 5.23. The van der Waals surface area contributed by atoms with Gasteiger partial charge < -0.3 is 10.1 Å². The van der Waals surface area contributed by atoms with E-state index in [9.17, 15) is 0 Å². The Hall–Kier alpha value is -2.73. The van der Waals surface area contributed by atoms with Crippen LogP contribution in [0.1, 0.15) is 51.5 Å². The van der Waals surface area contributed by atoms with Gasteiger partial charge in [-0.15, -0.1) is 11.3 Å². The maximum Gasteiger partial charge on any atom is 0.149 e. The number of thiophene rings is 1. The third-order valence-corrected chi connectivity index (χ3v) is 7.79. The van der Waals surface area contributed by atoms with Crippen LogP contribution in [0.15, 0.2) is 36.7 Å². The number of nitrogens with zero attached hydrogens (tertiary/aromatic N) is 3. The quantitative estimate of drug-likeness (QED) is 0.385. The van der Waals surface area contributed by atoms with Crippen LogP contribution in [0.4, 0.5) is 5.82 Å². The Kier molecular flexibility index (Phi) is 4.79. The van der Waals surface area contributed by atoms with E-state index in [1.54, 1.807) is 17.7 Å². The molecule has 3 aromatic heterocycles. The van der Waals surface area contributed by atoms with Gasteiger partial charge in [0.25, 0.3) is 0 Å². The molecule has 1 fully saturated rings. The summed E-state index contributed by atoms with van der Waals surface area (Å²) < 4.78 is 7.49. The zero-order valence-corrected chi connectivity index (χ0v) is 19.5. The Morgan fingerprint density at radius 1 is 1.06 bits per heavy atom. The van der Waals surface area contributed by atoms with Gasteiger partial charge in [0.1, 0.15) is 28.4 Å². The second-order valence-corrected chi connectivity index (χ2v) is 10.9. The monoisotopic (exact) mass is 444 g/mol. The first-order valence-electron chi connectivity index (χ1n) is 11.6. The lowest BCUT2D eigenvalue weighted by molar-refractivity contribution is 0.156. The average Bonchev–Trinajstić information content (AvgIpc) is 3.19. The molecule has 6 rings (SSSR count). The number of ether oxygens (including phenoxy) is 1. The van der Waals surface area contributed by atoms with E-state index in [1.165, 1.54) is 37.7 Å². The first kappa shape index (κ1) is 19.9. The molecule has 1 aromatic carbocycles. The van der Waals surface area contributed by atoms with Crippen LogP contribution < -0.4 is 10.1 Å². The number of pyridine rings is 1. The van der Waals surface area contributed by atoms with Crippen molar-refractivity contribution < 1.29 is 4.74 Å². The molecule has 0 atom stereocenters. The van der Waals surface area contributed by atoms with Crippen molar-refractivity contribution in [2.24, 2.45) is 5.41 Å². The van der Waals surface area contributed by atoms with Crippen LogP contribution in [0.2, 0.25) is 0 Å². The summed E-state index contributed by atoms with van der Waals surface area (Å²) >= 11 is 1.70. The number of hydrogen-bond donors (Lipinski definition) is 1. The summed E-state index contributed by atoms with van der Waals surface area (Å²) in [5, 5.41) is 4.87. The van der Waals surface area contributed by atoms with Crippen molar-refractivity contribution >= 4 is 37.6 Å². The minimum Gasteiger partial charge on any atom is -0.490 e. The van der Waals surface area contributed by atoms with Crippen molar-refractivity contribution in [1.82, 2.24) is 15.0 Å². The molecule has 0 unspecified atom stereocenters.